The van der Waals surface area contributed by atoms with Crippen molar-refractivity contribution >= 4 is 40.5 Å². The maximum absolute atomic E-state index is 2.61. The molecule has 0 N–H and O–H groups in total. The van der Waals surface area contributed by atoms with E-state index in [-0.39, 0.29) is 24.8 Å². The summed E-state index contributed by atoms with van der Waals surface area (Å²) in [4.78, 5) is 0. The van der Waals surface area contributed by atoms with Crippen LogP contribution in [0.2, 0.25) is 9.26 Å². The Balaban J connectivity index is 0.00000140. The average Bonchev–Trinajstić information content (AvgIpc) is 3.26. The first kappa shape index (κ1) is 23.9. The quantitative estimate of drug-likeness (QED) is 0.379. The van der Waals surface area contributed by atoms with Gasteiger partial charge < -0.3 is 0 Å². The van der Waals surface area contributed by atoms with Crippen LogP contribution in [0.4, 0.5) is 0 Å². The molecule has 28 heavy (non-hydrogen) atoms. The molecule has 0 unspecified atom stereocenters. The van der Waals surface area contributed by atoms with Gasteiger partial charge in [0.15, 0.2) is 0 Å². The number of halogens is 2. The second kappa shape index (κ2) is 9.17. The Morgan fingerprint density at radius 2 is 1.61 bits per heavy atom. The Bertz CT molecular complexity index is 1010. The summed E-state index contributed by atoms with van der Waals surface area (Å²) in [6, 6.07) is 9.14. The summed E-state index contributed by atoms with van der Waals surface area (Å²) in [5.41, 5.74) is 12.9. The zero-order chi connectivity index (χ0) is 18.5. The van der Waals surface area contributed by atoms with E-state index in [0.717, 1.165) is 25.7 Å². The smallest absolute Gasteiger partial charge is 0.147 e. The van der Waals surface area contributed by atoms with Crippen LogP contribution >= 0.6 is 24.8 Å². The molecule has 149 valence electrons. The molecule has 0 aromatic heterocycles. The first-order valence-electron chi connectivity index (χ1n) is 9.98. The number of hydrogen-bond donors (Lipinski definition) is 0. The van der Waals surface area contributed by atoms with Crippen molar-refractivity contribution in [2.75, 3.05) is 0 Å². The summed E-state index contributed by atoms with van der Waals surface area (Å²) >= 11 is -2.30. The molecule has 0 fully saturated rings. The molecule has 0 heterocycles. The van der Waals surface area contributed by atoms with Gasteiger partial charge >= 0.3 is 165 Å². The predicted molar refractivity (Wildman–Crippen MR) is 130 cm³/mol. The van der Waals surface area contributed by atoms with Crippen LogP contribution in [0.3, 0.4) is 0 Å². The van der Waals surface area contributed by atoms with Gasteiger partial charge in [-0.2, -0.15) is 0 Å². The van der Waals surface area contributed by atoms with Crippen molar-refractivity contribution in [2.24, 2.45) is 0 Å². The van der Waals surface area contributed by atoms with Crippen molar-refractivity contribution in [3.63, 3.8) is 0 Å². The third-order valence-electron chi connectivity index (χ3n) is 5.95. The zero-order valence-electron chi connectivity index (χ0n) is 17.4. The molecule has 0 radical (unpaired) electrons. The summed E-state index contributed by atoms with van der Waals surface area (Å²) in [6.07, 6.45) is 11.5. The van der Waals surface area contributed by atoms with Gasteiger partial charge in [0.05, 0.1) is 0 Å². The van der Waals surface area contributed by atoms with Gasteiger partial charge in [-0.3, -0.25) is 0 Å². The van der Waals surface area contributed by atoms with Gasteiger partial charge in [-0.1, -0.05) is 0 Å². The largest absolute Gasteiger partial charge is 0.147 e. The maximum Gasteiger partial charge on any atom is -0.147 e. The van der Waals surface area contributed by atoms with E-state index in [1.54, 1.807) is 33.4 Å². The first-order chi connectivity index (χ1) is 12.5. The van der Waals surface area contributed by atoms with Gasteiger partial charge in [0.1, 0.15) is 0 Å². The second-order valence-electron chi connectivity index (χ2n) is 8.31. The van der Waals surface area contributed by atoms with Gasteiger partial charge in [-0.25, -0.2) is 0 Å². The molecule has 0 saturated carbocycles. The van der Waals surface area contributed by atoms with E-state index in [9.17, 15) is 0 Å². The molecular weight excluding hydrogens is 478 g/mol. The molecule has 4 heteroatoms. The van der Waals surface area contributed by atoms with Crippen LogP contribution in [0.5, 0.6) is 0 Å². The molecule has 4 rings (SSSR count). The van der Waals surface area contributed by atoms with Crippen molar-refractivity contribution in [1.29, 1.82) is 0 Å². The third kappa shape index (κ3) is 3.83. The summed E-state index contributed by atoms with van der Waals surface area (Å²) in [6.45, 7) is 7.07. The van der Waals surface area contributed by atoms with Crippen LogP contribution in [-0.4, -0.2) is 6.88 Å². The number of fused-ring (bicyclic) bond motifs is 3. The third-order valence-corrected chi connectivity index (χ3v) is 12.7. The average molecular weight is 510 g/mol. The summed E-state index contributed by atoms with van der Waals surface area (Å²) in [5, 5.41) is 0. The van der Waals surface area contributed by atoms with Crippen LogP contribution < -0.4 is 3.27 Å². The molecule has 2 aromatic carbocycles. The van der Waals surface area contributed by atoms with Gasteiger partial charge in [0, 0.05) is 0 Å². The van der Waals surface area contributed by atoms with Crippen LogP contribution in [0.25, 0.3) is 16.7 Å². The fraction of sp³-hybridized carbons (Fsp3) is 0.333. The standard InChI is InChI=1S/C22H21.2CH3.2ClH.H2Si.Zr/c1-3-18-19(4-2)22-17(13-16-11-7-8-12-20(16)22)14-21(18)15-9-5-6-10-15;;;;;;/h5-9,11-12H,3-4,10,13H2,1-2H3;2*1H3;2*1H;1H2;. The van der Waals surface area contributed by atoms with Crippen molar-refractivity contribution in [3.05, 3.63) is 70.3 Å². The molecule has 2 aromatic rings. The monoisotopic (exact) mass is 507 g/mol. The van der Waals surface area contributed by atoms with Gasteiger partial charge in [0.2, 0.25) is 0 Å². The Kier molecular flexibility index (Phi) is 7.82. The van der Waals surface area contributed by atoms with E-state index < -0.39 is 18.9 Å². The molecule has 0 atom stereocenters. The molecule has 0 bridgehead atoms. The van der Waals surface area contributed by atoms with Crippen molar-refractivity contribution < 1.29 is 18.9 Å². The van der Waals surface area contributed by atoms with E-state index in [1.807, 2.05) is 3.27 Å². The summed E-state index contributed by atoms with van der Waals surface area (Å²) in [7, 11) is 0. The van der Waals surface area contributed by atoms with E-state index >= 15 is 0 Å². The van der Waals surface area contributed by atoms with E-state index in [4.69, 9.17) is 0 Å². The molecule has 2 aliphatic carbocycles. The fourth-order valence-corrected chi connectivity index (χ4v) is 12.3. The molecular formula is C24H31Cl2SiZr. The van der Waals surface area contributed by atoms with Crippen molar-refractivity contribution in [2.45, 2.75) is 48.8 Å². The normalized spacial score (nSPS) is 14.1. The number of benzene rings is 2. The molecule has 0 saturated heterocycles. The number of rotatable bonds is 4. The fourth-order valence-electron chi connectivity index (χ4n) is 5.04. The van der Waals surface area contributed by atoms with E-state index in [1.165, 1.54) is 11.1 Å². The molecule has 0 spiro atoms. The molecule has 0 amide bonds. The summed E-state index contributed by atoms with van der Waals surface area (Å²) in [5.74, 6) is 0. The molecule has 0 nitrogen and oxygen atoms in total. The number of hydrogen-bond acceptors (Lipinski definition) is 0. The number of allylic oxidation sites excluding steroid dienone is 4. The Hall–Kier alpha value is -0.400. The van der Waals surface area contributed by atoms with Crippen molar-refractivity contribution in [3.8, 4) is 11.1 Å². The van der Waals surface area contributed by atoms with Crippen LogP contribution in [0.15, 0.2) is 42.5 Å². The first-order valence-corrected chi connectivity index (χ1v) is 22.0. The second-order valence-corrected chi connectivity index (χ2v) is 29.3. The summed E-state index contributed by atoms with van der Waals surface area (Å²) < 4.78 is 7.04. The maximum atomic E-state index is 2.61. The SMILES string of the molecule is CCc1c(CC)c2c([c]([Zr]([CH3])([CH3])=[SiH2])c1C1=CC=CC1)Cc1ccccc1-2.Cl.Cl. The van der Waals surface area contributed by atoms with E-state index in [2.05, 4.69) is 72.5 Å². The molecule has 2 aliphatic rings. The van der Waals surface area contributed by atoms with Gasteiger partial charge in [0.25, 0.3) is 0 Å². The Morgan fingerprint density at radius 1 is 0.964 bits per heavy atom. The minimum atomic E-state index is -2.30. The van der Waals surface area contributed by atoms with Crippen LogP contribution in [0.1, 0.15) is 48.1 Å². The van der Waals surface area contributed by atoms with Gasteiger partial charge in [-0.15, -0.1) is 24.8 Å². The topological polar surface area (TPSA) is 0 Å². The zero-order valence-corrected chi connectivity index (χ0v) is 22.9. The van der Waals surface area contributed by atoms with Crippen LogP contribution in [-0.2, 0) is 38.1 Å². The van der Waals surface area contributed by atoms with Gasteiger partial charge in [-0.05, 0) is 0 Å². The Labute approximate surface area is 188 Å². The van der Waals surface area contributed by atoms with Crippen LogP contribution in [0, 0.1) is 0 Å². The Morgan fingerprint density at radius 3 is 2.18 bits per heavy atom. The predicted octanol–water partition coefficient (Wildman–Crippen LogP) is 5.99. The molecule has 0 aliphatic heterocycles. The van der Waals surface area contributed by atoms with Crippen molar-refractivity contribution in [1.82, 2.24) is 0 Å². The minimum absolute atomic E-state index is 0. The minimum Gasteiger partial charge on any atom is -0.147 e. The van der Waals surface area contributed by atoms with E-state index in [0.29, 0.717) is 0 Å².